The van der Waals surface area contributed by atoms with Gasteiger partial charge in [-0.05, 0) is 6.92 Å². The van der Waals surface area contributed by atoms with Crippen molar-refractivity contribution < 1.29 is 0 Å². The zero-order valence-corrected chi connectivity index (χ0v) is 6.73. The first-order chi connectivity index (χ1) is 4.25. The molecule has 0 saturated heterocycles. The molecule has 3 nitrogen and oxygen atoms in total. The topological polar surface area (TPSA) is 30.7 Å². The SMILES string of the molecule is CCn1c(S)nnc1S.[NaH]. The standard InChI is InChI=1S/C4H7N3S2.Na.H/c1-2-7-3(8)5-6-4(7)9;;/h2H2,1H3,(H,5,8)(H,6,9);;. The monoisotopic (exact) mass is 185 g/mol. The molecule has 0 aromatic carbocycles. The van der Waals surface area contributed by atoms with E-state index in [0.29, 0.717) is 10.3 Å². The van der Waals surface area contributed by atoms with Gasteiger partial charge in [0.2, 0.25) is 0 Å². The maximum atomic E-state index is 4.04. The van der Waals surface area contributed by atoms with Gasteiger partial charge in [0.15, 0.2) is 10.3 Å². The van der Waals surface area contributed by atoms with Crippen LogP contribution in [0.4, 0.5) is 0 Å². The van der Waals surface area contributed by atoms with Gasteiger partial charge in [-0.2, -0.15) is 0 Å². The van der Waals surface area contributed by atoms with Gasteiger partial charge in [0, 0.05) is 6.54 Å². The second kappa shape index (κ2) is 4.66. The van der Waals surface area contributed by atoms with E-state index in [4.69, 9.17) is 0 Å². The van der Waals surface area contributed by atoms with E-state index in [1.807, 2.05) is 6.92 Å². The van der Waals surface area contributed by atoms with Crippen LogP contribution in [0.1, 0.15) is 6.92 Å². The van der Waals surface area contributed by atoms with Crippen LogP contribution in [0.5, 0.6) is 0 Å². The molecule has 1 aromatic rings. The molecule has 0 aliphatic heterocycles. The molecule has 52 valence electrons. The fourth-order valence-electron chi connectivity index (χ4n) is 0.570. The van der Waals surface area contributed by atoms with E-state index in [1.54, 1.807) is 4.57 Å². The average Bonchev–Trinajstić information content (AvgIpc) is 2.12. The quantitative estimate of drug-likeness (QED) is 0.484. The Morgan fingerprint density at radius 3 is 1.90 bits per heavy atom. The van der Waals surface area contributed by atoms with Gasteiger partial charge in [0.25, 0.3) is 0 Å². The van der Waals surface area contributed by atoms with E-state index in [2.05, 4.69) is 35.5 Å². The summed E-state index contributed by atoms with van der Waals surface area (Å²) in [5.74, 6) is 0. The first-order valence-corrected chi connectivity index (χ1v) is 3.46. The Hall–Kier alpha value is 0.840. The van der Waals surface area contributed by atoms with Crippen LogP contribution in [0.3, 0.4) is 0 Å². The summed E-state index contributed by atoms with van der Waals surface area (Å²) in [4.78, 5) is 0. The summed E-state index contributed by atoms with van der Waals surface area (Å²) in [6, 6.07) is 0. The van der Waals surface area contributed by atoms with Crippen LogP contribution < -0.4 is 0 Å². The molecule has 0 spiro atoms. The van der Waals surface area contributed by atoms with Crippen LogP contribution in [0.25, 0.3) is 0 Å². The Morgan fingerprint density at radius 1 is 1.30 bits per heavy atom. The van der Waals surface area contributed by atoms with Crippen molar-refractivity contribution in [3.8, 4) is 0 Å². The molecule has 0 atom stereocenters. The van der Waals surface area contributed by atoms with Gasteiger partial charge in [-0.1, -0.05) is 0 Å². The predicted octanol–water partition coefficient (Wildman–Crippen LogP) is 0.227. The van der Waals surface area contributed by atoms with E-state index >= 15 is 0 Å². The molecule has 1 aromatic heterocycles. The molecule has 1 rings (SSSR count). The van der Waals surface area contributed by atoms with Gasteiger partial charge in [-0.3, -0.25) is 4.57 Å². The molecule has 0 aliphatic carbocycles. The molecule has 0 fully saturated rings. The second-order valence-electron chi connectivity index (χ2n) is 1.54. The number of thiol groups is 2. The molecule has 6 heteroatoms. The maximum absolute atomic E-state index is 4.04. The minimum absolute atomic E-state index is 0. The van der Waals surface area contributed by atoms with E-state index < -0.39 is 0 Å². The van der Waals surface area contributed by atoms with E-state index in [9.17, 15) is 0 Å². The van der Waals surface area contributed by atoms with Crippen LogP contribution in [-0.4, -0.2) is 44.3 Å². The molecule has 0 unspecified atom stereocenters. The summed E-state index contributed by atoms with van der Waals surface area (Å²) in [7, 11) is 0. The van der Waals surface area contributed by atoms with Gasteiger partial charge < -0.3 is 0 Å². The van der Waals surface area contributed by atoms with E-state index in [-0.39, 0.29) is 29.6 Å². The molecule has 0 N–H and O–H groups in total. The van der Waals surface area contributed by atoms with Gasteiger partial charge >= 0.3 is 29.6 Å². The van der Waals surface area contributed by atoms with Crippen molar-refractivity contribution in [2.24, 2.45) is 0 Å². The first-order valence-electron chi connectivity index (χ1n) is 2.56. The van der Waals surface area contributed by atoms with Crippen LogP contribution in [0.2, 0.25) is 0 Å². The van der Waals surface area contributed by atoms with Crippen molar-refractivity contribution in [1.82, 2.24) is 14.8 Å². The molecule has 10 heavy (non-hydrogen) atoms. The third-order valence-corrected chi connectivity index (χ3v) is 1.69. The predicted molar refractivity (Wildman–Crippen MR) is 47.3 cm³/mol. The summed E-state index contributed by atoms with van der Waals surface area (Å²) in [5.41, 5.74) is 0. The average molecular weight is 185 g/mol. The molecule has 0 amide bonds. The molecule has 1 heterocycles. The van der Waals surface area contributed by atoms with Crippen LogP contribution in [0, 0.1) is 0 Å². The zero-order chi connectivity index (χ0) is 6.85. The second-order valence-corrected chi connectivity index (χ2v) is 2.34. The molecular formula is C4H8N3NaS2. The first kappa shape index (κ1) is 10.8. The third kappa shape index (κ3) is 2.17. The van der Waals surface area contributed by atoms with Crippen molar-refractivity contribution in [3.05, 3.63) is 0 Å². The van der Waals surface area contributed by atoms with Crippen LogP contribution in [0.15, 0.2) is 10.3 Å². The molecule has 0 radical (unpaired) electrons. The van der Waals surface area contributed by atoms with Crippen molar-refractivity contribution in [3.63, 3.8) is 0 Å². The van der Waals surface area contributed by atoms with Crippen molar-refractivity contribution in [2.75, 3.05) is 0 Å². The normalized spacial score (nSPS) is 9.10. The summed E-state index contributed by atoms with van der Waals surface area (Å²) in [6.45, 7) is 2.80. The van der Waals surface area contributed by atoms with E-state index in [0.717, 1.165) is 6.54 Å². The minimum atomic E-state index is 0. The Balaban J connectivity index is 0.000000810. The summed E-state index contributed by atoms with van der Waals surface area (Å²) >= 11 is 8.08. The number of hydrogen-bond donors (Lipinski definition) is 2. The fraction of sp³-hybridized carbons (Fsp3) is 0.500. The Morgan fingerprint density at radius 2 is 1.70 bits per heavy atom. The van der Waals surface area contributed by atoms with Gasteiger partial charge in [-0.15, -0.1) is 35.5 Å². The molecule has 0 aliphatic rings. The molecule has 0 saturated carbocycles. The van der Waals surface area contributed by atoms with Gasteiger partial charge in [0.05, 0.1) is 0 Å². The third-order valence-electron chi connectivity index (χ3n) is 1.03. The number of rotatable bonds is 1. The number of hydrogen-bond acceptors (Lipinski definition) is 4. The van der Waals surface area contributed by atoms with E-state index in [1.165, 1.54) is 0 Å². The fourth-order valence-corrected chi connectivity index (χ4v) is 1.21. The molecular weight excluding hydrogens is 177 g/mol. The number of nitrogens with zero attached hydrogens (tertiary/aromatic N) is 3. The summed E-state index contributed by atoms with van der Waals surface area (Å²) in [5, 5.41) is 8.60. The van der Waals surface area contributed by atoms with Crippen molar-refractivity contribution >= 4 is 54.8 Å². The van der Waals surface area contributed by atoms with Crippen LogP contribution >= 0.6 is 25.3 Å². The summed E-state index contributed by atoms with van der Waals surface area (Å²) in [6.07, 6.45) is 0. The summed E-state index contributed by atoms with van der Waals surface area (Å²) < 4.78 is 1.80. The number of aromatic nitrogens is 3. The zero-order valence-electron chi connectivity index (χ0n) is 4.94. The Bertz CT molecular complexity index is 193. The van der Waals surface area contributed by atoms with Gasteiger partial charge in [0.1, 0.15) is 0 Å². The van der Waals surface area contributed by atoms with Crippen molar-refractivity contribution in [1.29, 1.82) is 0 Å². The Labute approximate surface area is 92.7 Å². The van der Waals surface area contributed by atoms with Gasteiger partial charge in [-0.25, -0.2) is 0 Å². The van der Waals surface area contributed by atoms with Crippen molar-refractivity contribution in [2.45, 2.75) is 23.8 Å². The molecule has 0 bridgehead atoms. The Kier molecular flexibility index (Phi) is 5.06. The van der Waals surface area contributed by atoms with Crippen LogP contribution in [-0.2, 0) is 6.54 Å².